The predicted octanol–water partition coefficient (Wildman–Crippen LogP) is 4.59. The summed E-state index contributed by atoms with van der Waals surface area (Å²) in [5, 5.41) is 5.19. The minimum Gasteiger partial charge on any atom is -0.490 e. The third-order valence-electron chi connectivity index (χ3n) is 5.23. The van der Waals surface area contributed by atoms with Crippen molar-refractivity contribution < 1.29 is 14.3 Å². The number of nitrogens with zero attached hydrogens (tertiary/aromatic N) is 1. The number of amides is 1. The van der Waals surface area contributed by atoms with E-state index in [9.17, 15) is 4.79 Å². The summed E-state index contributed by atoms with van der Waals surface area (Å²) in [5.74, 6) is 1.93. The van der Waals surface area contributed by atoms with E-state index >= 15 is 0 Å². The molecule has 1 saturated heterocycles. The number of benzene rings is 1. The molecule has 1 aliphatic heterocycles. The van der Waals surface area contributed by atoms with Gasteiger partial charge in [-0.1, -0.05) is 12.1 Å². The van der Waals surface area contributed by atoms with Gasteiger partial charge in [0.25, 0.3) is 0 Å². The zero-order valence-corrected chi connectivity index (χ0v) is 18.7. The SMILES string of the molecule is CCOc1ccc(/C=C/C(=O)NCC2CCN(Cc3cccs3)CC2)cc1OCC. The number of likely N-dealkylation sites (tertiary alicyclic amines) is 1. The average molecular weight is 429 g/mol. The number of hydrogen-bond donors (Lipinski definition) is 1. The molecule has 1 amide bonds. The Labute approximate surface area is 183 Å². The Bertz CT molecular complexity index is 812. The van der Waals surface area contributed by atoms with Gasteiger partial charge in [-0.15, -0.1) is 11.3 Å². The zero-order chi connectivity index (χ0) is 21.2. The maximum atomic E-state index is 12.3. The largest absolute Gasteiger partial charge is 0.490 e. The van der Waals surface area contributed by atoms with Crippen LogP contribution in [0.2, 0.25) is 0 Å². The molecule has 0 aliphatic carbocycles. The van der Waals surface area contributed by atoms with Crippen molar-refractivity contribution in [1.29, 1.82) is 0 Å². The molecule has 0 saturated carbocycles. The summed E-state index contributed by atoms with van der Waals surface area (Å²) in [6.45, 7) is 9.03. The fraction of sp³-hybridized carbons (Fsp3) is 0.458. The molecular formula is C24H32N2O3S. The van der Waals surface area contributed by atoms with Crippen LogP contribution in [0.25, 0.3) is 6.08 Å². The molecule has 5 nitrogen and oxygen atoms in total. The van der Waals surface area contributed by atoms with Gasteiger partial charge in [0.2, 0.25) is 5.91 Å². The maximum absolute atomic E-state index is 12.3. The summed E-state index contributed by atoms with van der Waals surface area (Å²) in [7, 11) is 0. The smallest absolute Gasteiger partial charge is 0.244 e. The molecule has 1 aromatic heterocycles. The molecule has 1 aromatic carbocycles. The molecule has 0 spiro atoms. The number of carbonyl (C=O) groups is 1. The van der Waals surface area contributed by atoms with E-state index < -0.39 is 0 Å². The van der Waals surface area contributed by atoms with Gasteiger partial charge in [0, 0.05) is 24.0 Å². The second-order valence-electron chi connectivity index (χ2n) is 7.45. The second-order valence-corrected chi connectivity index (χ2v) is 8.48. The van der Waals surface area contributed by atoms with Crippen LogP contribution < -0.4 is 14.8 Å². The third kappa shape index (κ3) is 6.89. The summed E-state index contributed by atoms with van der Waals surface area (Å²) < 4.78 is 11.2. The molecule has 30 heavy (non-hydrogen) atoms. The van der Waals surface area contributed by atoms with Gasteiger partial charge in [-0.2, -0.15) is 0 Å². The van der Waals surface area contributed by atoms with Crippen molar-refractivity contribution >= 4 is 23.3 Å². The van der Waals surface area contributed by atoms with Crippen molar-refractivity contribution in [3.63, 3.8) is 0 Å². The van der Waals surface area contributed by atoms with E-state index in [1.807, 2.05) is 49.5 Å². The van der Waals surface area contributed by atoms with E-state index in [-0.39, 0.29) is 5.91 Å². The highest BCUT2D eigenvalue weighted by Gasteiger charge is 2.19. The summed E-state index contributed by atoms with van der Waals surface area (Å²) in [6.07, 6.45) is 5.67. The number of nitrogens with one attached hydrogen (secondary N) is 1. The molecule has 0 atom stereocenters. The molecule has 3 rings (SSSR count). The van der Waals surface area contributed by atoms with Crippen molar-refractivity contribution in [2.24, 2.45) is 5.92 Å². The Balaban J connectivity index is 1.42. The van der Waals surface area contributed by atoms with Gasteiger partial charge in [-0.05, 0) is 80.9 Å². The fourth-order valence-electron chi connectivity index (χ4n) is 3.62. The van der Waals surface area contributed by atoms with Crippen LogP contribution in [-0.4, -0.2) is 43.7 Å². The number of piperidine rings is 1. The topological polar surface area (TPSA) is 50.8 Å². The second kappa shape index (κ2) is 11.8. The van der Waals surface area contributed by atoms with Gasteiger partial charge >= 0.3 is 0 Å². The first-order valence-corrected chi connectivity index (χ1v) is 11.7. The summed E-state index contributed by atoms with van der Waals surface area (Å²) >= 11 is 1.82. The lowest BCUT2D eigenvalue weighted by Crippen LogP contribution is -2.37. The van der Waals surface area contributed by atoms with Crippen LogP contribution in [0.3, 0.4) is 0 Å². The van der Waals surface area contributed by atoms with Gasteiger partial charge in [-0.25, -0.2) is 0 Å². The standard InChI is InChI=1S/C24H32N2O3S/c1-3-28-22-9-7-19(16-23(22)29-4-2)8-10-24(27)25-17-20-11-13-26(14-12-20)18-21-6-5-15-30-21/h5-10,15-16,20H,3-4,11-14,17-18H2,1-2H3,(H,25,27)/b10-8+. The molecule has 0 radical (unpaired) electrons. The molecule has 1 aliphatic rings. The predicted molar refractivity (Wildman–Crippen MR) is 123 cm³/mol. The van der Waals surface area contributed by atoms with Crippen LogP contribution >= 0.6 is 11.3 Å². The highest BCUT2D eigenvalue weighted by Crippen LogP contribution is 2.29. The van der Waals surface area contributed by atoms with Gasteiger partial charge in [0.1, 0.15) is 0 Å². The van der Waals surface area contributed by atoms with Crippen molar-refractivity contribution in [2.75, 3.05) is 32.8 Å². The van der Waals surface area contributed by atoms with Gasteiger partial charge in [0.15, 0.2) is 11.5 Å². The molecule has 0 bridgehead atoms. The van der Waals surface area contributed by atoms with Crippen molar-refractivity contribution in [2.45, 2.75) is 33.2 Å². The summed E-state index contributed by atoms with van der Waals surface area (Å²) in [5.41, 5.74) is 0.916. The zero-order valence-electron chi connectivity index (χ0n) is 17.9. The molecule has 6 heteroatoms. The molecule has 2 aromatic rings. The van der Waals surface area contributed by atoms with Crippen molar-refractivity contribution in [3.8, 4) is 11.5 Å². The normalized spacial score (nSPS) is 15.4. The Hall–Kier alpha value is -2.31. The van der Waals surface area contributed by atoms with E-state index in [1.54, 1.807) is 6.08 Å². The number of carbonyl (C=O) groups excluding carboxylic acids is 1. The lowest BCUT2D eigenvalue weighted by atomic mass is 9.96. The van der Waals surface area contributed by atoms with Gasteiger partial charge in [-0.3, -0.25) is 9.69 Å². The van der Waals surface area contributed by atoms with Crippen molar-refractivity contribution in [1.82, 2.24) is 10.2 Å². The Morgan fingerprint density at radius 2 is 1.93 bits per heavy atom. The number of ether oxygens (including phenoxy) is 2. The van der Waals surface area contributed by atoms with E-state index in [4.69, 9.17) is 9.47 Å². The lowest BCUT2D eigenvalue weighted by molar-refractivity contribution is -0.116. The van der Waals surface area contributed by atoms with Crippen LogP contribution in [0.1, 0.15) is 37.1 Å². The van der Waals surface area contributed by atoms with E-state index in [1.165, 1.54) is 4.88 Å². The van der Waals surface area contributed by atoms with Crippen LogP contribution in [-0.2, 0) is 11.3 Å². The fourth-order valence-corrected chi connectivity index (χ4v) is 4.36. The molecule has 2 heterocycles. The summed E-state index contributed by atoms with van der Waals surface area (Å²) in [6, 6.07) is 10.0. The average Bonchev–Trinajstić information content (AvgIpc) is 3.27. The minimum atomic E-state index is -0.0529. The van der Waals surface area contributed by atoms with Gasteiger partial charge < -0.3 is 14.8 Å². The maximum Gasteiger partial charge on any atom is 0.244 e. The monoisotopic (exact) mass is 428 g/mol. The minimum absolute atomic E-state index is 0.0529. The van der Waals surface area contributed by atoms with E-state index in [0.717, 1.165) is 50.3 Å². The Morgan fingerprint density at radius 1 is 1.17 bits per heavy atom. The highest BCUT2D eigenvalue weighted by atomic mass is 32.1. The van der Waals surface area contributed by atoms with E-state index in [0.29, 0.717) is 24.9 Å². The number of thiophene rings is 1. The van der Waals surface area contributed by atoms with Crippen LogP contribution in [0.5, 0.6) is 11.5 Å². The molecule has 1 fully saturated rings. The van der Waals surface area contributed by atoms with Gasteiger partial charge in [0.05, 0.1) is 13.2 Å². The first kappa shape index (κ1) is 22.4. The van der Waals surface area contributed by atoms with Crippen LogP contribution in [0.4, 0.5) is 0 Å². The Kier molecular flexibility index (Phi) is 8.78. The summed E-state index contributed by atoms with van der Waals surface area (Å²) in [4.78, 5) is 16.2. The Morgan fingerprint density at radius 3 is 2.63 bits per heavy atom. The van der Waals surface area contributed by atoms with Crippen LogP contribution in [0, 0.1) is 5.92 Å². The van der Waals surface area contributed by atoms with Crippen LogP contribution in [0.15, 0.2) is 41.8 Å². The lowest BCUT2D eigenvalue weighted by Gasteiger charge is -2.31. The molecule has 1 N–H and O–H groups in total. The molecular weight excluding hydrogens is 396 g/mol. The first-order valence-electron chi connectivity index (χ1n) is 10.8. The third-order valence-corrected chi connectivity index (χ3v) is 6.09. The first-order chi connectivity index (χ1) is 14.7. The van der Waals surface area contributed by atoms with Crippen molar-refractivity contribution in [3.05, 3.63) is 52.2 Å². The van der Waals surface area contributed by atoms with E-state index in [2.05, 4.69) is 27.7 Å². The highest BCUT2D eigenvalue weighted by molar-refractivity contribution is 7.09. The quantitative estimate of drug-likeness (QED) is 0.563. The molecule has 0 unspecified atom stereocenters. The molecule has 162 valence electrons. The number of hydrogen-bond acceptors (Lipinski definition) is 5. The number of rotatable bonds is 10.